The molecule has 6 heteroatoms. The van der Waals surface area contributed by atoms with Crippen molar-refractivity contribution in [1.29, 1.82) is 0 Å². The topological polar surface area (TPSA) is 48.5 Å². The number of nitrogens with one attached hydrogen (secondary N) is 1. The summed E-state index contributed by atoms with van der Waals surface area (Å²) in [7, 11) is 0. The number of halogens is 1. The van der Waals surface area contributed by atoms with Gasteiger partial charge in [-0.3, -0.25) is 9.78 Å². The molecule has 0 bridgehead atoms. The Balaban J connectivity index is 1.41. The number of pyridine rings is 1. The predicted molar refractivity (Wildman–Crippen MR) is 109 cm³/mol. The van der Waals surface area contributed by atoms with Crippen LogP contribution in [0.15, 0.2) is 72.9 Å². The van der Waals surface area contributed by atoms with E-state index in [4.69, 9.17) is 0 Å². The lowest BCUT2D eigenvalue weighted by molar-refractivity contribution is 0.102. The van der Waals surface area contributed by atoms with Crippen molar-refractivity contribution >= 4 is 23.0 Å². The van der Waals surface area contributed by atoms with Gasteiger partial charge in [0.15, 0.2) is 0 Å². The number of rotatable bonds is 4. The van der Waals surface area contributed by atoms with Gasteiger partial charge in [-0.1, -0.05) is 18.2 Å². The lowest BCUT2D eigenvalue weighted by atomic mass is 10.2. The van der Waals surface area contributed by atoms with Crippen molar-refractivity contribution in [2.75, 3.05) is 41.3 Å². The Bertz CT molecular complexity index is 938. The van der Waals surface area contributed by atoms with Crippen LogP contribution in [-0.4, -0.2) is 37.1 Å². The van der Waals surface area contributed by atoms with Gasteiger partial charge < -0.3 is 15.1 Å². The van der Waals surface area contributed by atoms with Crippen LogP contribution in [0.3, 0.4) is 0 Å². The predicted octanol–water partition coefficient (Wildman–Crippen LogP) is 3.80. The number of anilines is 3. The van der Waals surface area contributed by atoms with Crippen molar-refractivity contribution in [2.24, 2.45) is 0 Å². The lowest BCUT2D eigenvalue weighted by Gasteiger charge is -2.37. The summed E-state index contributed by atoms with van der Waals surface area (Å²) in [5.41, 5.74) is 3.09. The molecule has 1 aliphatic rings. The average molecular weight is 376 g/mol. The Morgan fingerprint density at radius 1 is 0.857 bits per heavy atom. The van der Waals surface area contributed by atoms with E-state index in [1.165, 1.54) is 30.0 Å². The standard InChI is InChI=1S/C22H21FN4O/c23-17-6-8-18(9-7-17)25-22(28)21-16-20(10-11-24-21)27-14-12-26(13-15-27)19-4-2-1-3-5-19/h1-11,16H,12-15H2,(H,25,28). The van der Waals surface area contributed by atoms with Gasteiger partial charge in [0.1, 0.15) is 11.5 Å². The van der Waals surface area contributed by atoms with Crippen LogP contribution in [0.5, 0.6) is 0 Å². The lowest BCUT2D eigenvalue weighted by Crippen LogP contribution is -2.46. The maximum Gasteiger partial charge on any atom is 0.274 e. The number of carbonyl (C=O) groups excluding carboxylic acids is 1. The van der Waals surface area contributed by atoms with Gasteiger partial charge in [0.2, 0.25) is 0 Å². The molecule has 2 aromatic carbocycles. The molecular weight excluding hydrogens is 355 g/mol. The van der Waals surface area contributed by atoms with Gasteiger partial charge in [-0.2, -0.15) is 0 Å². The van der Waals surface area contributed by atoms with Gasteiger partial charge >= 0.3 is 0 Å². The number of hydrogen-bond donors (Lipinski definition) is 1. The Labute approximate surface area is 163 Å². The van der Waals surface area contributed by atoms with Gasteiger partial charge in [0.05, 0.1) is 0 Å². The molecule has 0 radical (unpaired) electrons. The van der Waals surface area contributed by atoms with Crippen molar-refractivity contribution in [3.8, 4) is 0 Å². The average Bonchev–Trinajstić information content (AvgIpc) is 2.76. The molecule has 1 saturated heterocycles. The van der Waals surface area contributed by atoms with E-state index in [0.717, 1.165) is 31.9 Å². The summed E-state index contributed by atoms with van der Waals surface area (Å²) in [5.74, 6) is -0.649. The van der Waals surface area contributed by atoms with E-state index in [9.17, 15) is 9.18 Å². The first-order valence-electron chi connectivity index (χ1n) is 9.27. The molecular formula is C22H21FN4O. The normalized spacial score (nSPS) is 14.0. The van der Waals surface area contributed by atoms with E-state index in [1.54, 1.807) is 12.3 Å². The number of benzene rings is 2. The summed E-state index contributed by atoms with van der Waals surface area (Å²) in [6, 6.07) is 19.8. The summed E-state index contributed by atoms with van der Waals surface area (Å²) in [6.45, 7) is 3.59. The molecule has 4 rings (SSSR count). The number of hydrogen-bond acceptors (Lipinski definition) is 4. The van der Waals surface area contributed by atoms with E-state index < -0.39 is 0 Å². The van der Waals surface area contributed by atoms with E-state index in [1.807, 2.05) is 12.1 Å². The van der Waals surface area contributed by atoms with Crippen LogP contribution in [0.2, 0.25) is 0 Å². The molecule has 142 valence electrons. The number of nitrogens with zero attached hydrogens (tertiary/aromatic N) is 3. The van der Waals surface area contributed by atoms with Crippen LogP contribution in [0.4, 0.5) is 21.5 Å². The third-order valence-corrected chi connectivity index (χ3v) is 4.84. The second kappa shape index (κ2) is 8.08. The van der Waals surface area contributed by atoms with Gasteiger partial charge in [-0.15, -0.1) is 0 Å². The zero-order chi connectivity index (χ0) is 19.3. The Morgan fingerprint density at radius 2 is 1.50 bits per heavy atom. The van der Waals surface area contributed by atoms with Gasteiger partial charge in [0, 0.05) is 49.4 Å². The molecule has 1 amide bonds. The summed E-state index contributed by atoms with van der Waals surface area (Å²) >= 11 is 0. The molecule has 0 atom stereocenters. The number of piperazine rings is 1. The van der Waals surface area contributed by atoms with Crippen molar-refractivity contribution < 1.29 is 9.18 Å². The molecule has 2 heterocycles. The Kier molecular flexibility index (Phi) is 5.19. The second-order valence-corrected chi connectivity index (χ2v) is 6.67. The first-order valence-corrected chi connectivity index (χ1v) is 9.27. The Hall–Kier alpha value is -3.41. The zero-order valence-electron chi connectivity index (χ0n) is 15.4. The number of carbonyl (C=O) groups is 1. The quantitative estimate of drug-likeness (QED) is 0.753. The highest BCUT2D eigenvalue weighted by atomic mass is 19.1. The van der Waals surface area contributed by atoms with Crippen LogP contribution < -0.4 is 15.1 Å². The summed E-state index contributed by atoms with van der Waals surface area (Å²) < 4.78 is 13.0. The highest BCUT2D eigenvalue weighted by molar-refractivity contribution is 6.03. The highest BCUT2D eigenvalue weighted by Crippen LogP contribution is 2.21. The van der Waals surface area contributed by atoms with Crippen LogP contribution in [0.25, 0.3) is 0 Å². The van der Waals surface area contributed by atoms with Crippen LogP contribution >= 0.6 is 0 Å². The van der Waals surface area contributed by atoms with E-state index in [-0.39, 0.29) is 11.7 Å². The number of aromatic nitrogens is 1. The zero-order valence-corrected chi connectivity index (χ0v) is 15.4. The maximum atomic E-state index is 13.0. The van der Waals surface area contributed by atoms with Crippen molar-refractivity contribution in [1.82, 2.24) is 4.98 Å². The maximum absolute atomic E-state index is 13.0. The van der Waals surface area contributed by atoms with Gasteiger partial charge in [0.25, 0.3) is 5.91 Å². The number of para-hydroxylation sites is 1. The fourth-order valence-electron chi connectivity index (χ4n) is 3.33. The van der Waals surface area contributed by atoms with Crippen molar-refractivity contribution in [3.63, 3.8) is 0 Å². The minimum atomic E-state index is -0.340. The minimum absolute atomic E-state index is 0.309. The summed E-state index contributed by atoms with van der Waals surface area (Å²) in [5, 5.41) is 2.75. The molecule has 1 N–H and O–H groups in total. The van der Waals surface area contributed by atoms with E-state index in [0.29, 0.717) is 11.4 Å². The molecule has 1 aliphatic heterocycles. The third-order valence-electron chi connectivity index (χ3n) is 4.84. The number of amides is 1. The SMILES string of the molecule is O=C(Nc1ccc(F)cc1)c1cc(N2CCN(c3ccccc3)CC2)ccn1. The molecule has 3 aromatic rings. The van der Waals surface area contributed by atoms with E-state index in [2.05, 4.69) is 44.4 Å². The molecule has 1 aromatic heterocycles. The smallest absolute Gasteiger partial charge is 0.274 e. The Morgan fingerprint density at radius 3 is 2.18 bits per heavy atom. The van der Waals surface area contributed by atoms with Crippen LogP contribution in [-0.2, 0) is 0 Å². The molecule has 0 unspecified atom stereocenters. The summed E-state index contributed by atoms with van der Waals surface area (Å²) in [4.78, 5) is 21.3. The molecule has 1 fully saturated rings. The summed E-state index contributed by atoms with van der Waals surface area (Å²) in [6.07, 6.45) is 1.65. The van der Waals surface area contributed by atoms with Crippen LogP contribution in [0, 0.1) is 5.82 Å². The molecule has 5 nitrogen and oxygen atoms in total. The van der Waals surface area contributed by atoms with E-state index >= 15 is 0 Å². The molecule has 0 aliphatic carbocycles. The monoisotopic (exact) mass is 376 g/mol. The first kappa shape index (κ1) is 18.0. The fraction of sp³-hybridized carbons (Fsp3) is 0.182. The first-order chi connectivity index (χ1) is 13.7. The fourth-order valence-corrected chi connectivity index (χ4v) is 3.33. The second-order valence-electron chi connectivity index (χ2n) is 6.67. The van der Waals surface area contributed by atoms with Gasteiger partial charge in [-0.05, 0) is 48.5 Å². The van der Waals surface area contributed by atoms with Crippen LogP contribution in [0.1, 0.15) is 10.5 Å². The third kappa shape index (κ3) is 4.11. The molecule has 0 spiro atoms. The van der Waals surface area contributed by atoms with Crippen molar-refractivity contribution in [3.05, 3.63) is 84.4 Å². The van der Waals surface area contributed by atoms with Crippen molar-refractivity contribution in [2.45, 2.75) is 0 Å². The minimum Gasteiger partial charge on any atom is -0.368 e. The van der Waals surface area contributed by atoms with Gasteiger partial charge in [-0.25, -0.2) is 4.39 Å². The highest BCUT2D eigenvalue weighted by Gasteiger charge is 2.18. The largest absolute Gasteiger partial charge is 0.368 e. The molecule has 0 saturated carbocycles. The molecule has 28 heavy (non-hydrogen) atoms.